The molecule has 0 aromatic carbocycles. The topological polar surface area (TPSA) is 63.1 Å². The van der Waals surface area contributed by atoms with Crippen molar-refractivity contribution in [2.45, 2.75) is 0 Å². The molecule has 0 saturated heterocycles. The van der Waals surface area contributed by atoms with Crippen LogP contribution >= 0.6 is 11.5 Å². The quantitative estimate of drug-likeness (QED) is 0.581. The van der Waals surface area contributed by atoms with Crippen molar-refractivity contribution < 1.29 is 9.90 Å². The van der Waals surface area contributed by atoms with Crippen LogP contribution in [0.4, 0.5) is 0 Å². The number of carboxylic acids is 1. The zero-order chi connectivity index (χ0) is 5.98. The second kappa shape index (κ2) is 1.87. The molecule has 0 atom stereocenters. The van der Waals surface area contributed by atoms with Crippen molar-refractivity contribution in [1.29, 1.82) is 0 Å². The summed E-state index contributed by atoms with van der Waals surface area (Å²) in [5.74, 6) is -1.05. The maximum absolute atomic E-state index is 9.95. The van der Waals surface area contributed by atoms with Crippen molar-refractivity contribution in [3.63, 3.8) is 0 Å². The van der Waals surface area contributed by atoms with Crippen molar-refractivity contribution in [1.82, 2.24) is 9.36 Å². The predicted octanol–water partition coefficient (Wildman–Crippen LogP) is 0.0365. The van der Waals surface area contributed by atoms with Crippen molar-refractivity contribution in [2.75, 3.05) is 0 Å². The van der Waals surface area contributed by atoms with Crippen LogP contribution in [0.15, 0.2) is 0 Å². The van der Waals surface area contributed by atoms with Gasteiger partial charge in [0.1, 0.15) is 0 Å². The van der Waals surface area contributed by atoms with Crippen LogP contribution in [0, 0.1) is 6.33 Å². The highest BCUT2D eigenvalue weighted by Gasteiger charge is 2.03. The van der Waals surface area contributed by atoms with E-state index in [0.717, 1.165) is 11.5 Å². The second-order valence-electron chi connectivity index (χ2n) is 1.00. The number of hydrogen-bond donors (Lipinski definition) is 1. The van der Waals surface area contributed by atoms with Gasteiger partial charge in [0.05, 0.1) is 0 Å². The first kappa shape index (κ1) is 5.17. The standard InChI is InChI=1S/C3HN2O2S/c6-3(7)2-4-1-5-8-2/h(H,6,7). The summed E-state index contributed by atoms with van der Waals surface area (Å²) in [6.45, 7) is 0. The molecule has 0 amide bonds. The van der Waals surface area contributed by atoms with Gasteiger partial charge in [0.2, 0.25) is 11.3 Å². The fourth-order valence-electron chi connectivity index (χ4n) is 0.237. The lowest BCUT2D eigenvalue weighted by Crippen LogP contribution is -1.92. The lowest BCUT2D eigenvalue weighted by molar-refractivity contribution is 0.0696. The molecule has 1 rings (SSSR count). The van der Waals surface area contributed by atoms with Crippen LogP contribution in [0.25, 0.3) is 0 Å². The first-order valence-corrected chi connectivity index (χ1v) is 2.51. The molecule has 1 aromatic heterocycles. The molecule has 0 spiro atoms. The number of rotatable bonds is 1. The van der Waals surface area contributed by atoms with Crippen molar-refractivity contribution in [3.05, 3.63) is 11.3 Å². The molecule has 1 aromatic rings. The molecule has 1 N–H and O–H groups in total. The Morgan fingerprint density at radius 3 is 2.88 bits per heavy atom. The minimum absolute atomic E-state index is 0.0231. The number of aromatic nitrogens is 2. The molecule has 0 aliphatic rings. The maximum atomic E-state index is 9.95. The van der Waals surface area contributed by atoms with Gasteiger partial charge in [-0.05, 0) is 11.5 Å². The Morgan fingerprint density at radius 2 is 2.62 bits per heavy atom. The van der Waals surface area contributed by atoms with Crippen molar-refractivity contribution >= 4 is 17.5 Å². The predicted molar refractivity (Wildman–Crippen MR) is 25.7 cm³/mol. The number of hydrogen-bond acceptors (Lipinski definition) is 4. The smallest absolute Gasteiger partial charge is 0.366 e. The molecule has 0 aliphatic carbocycles. The largest absolute Gasteiger partial charge is 0.476 e. The number of aromatic carboxylic acids is 1. The summed E-state index contributed by atoms with van der Waals surface area (Å²) in [5.41, 5.74) is 0. The van der Waals surface area contributed by atoms with E-state index < -0.39 is 5.97 Å². The number of carboxylic acid groups (broad SMARTS) is 1. The van der Waals surface area contributed by atoms with E-state index in [2.05, 4.69) is 15.7 Å². The van der Waals surface area contributed by atoms with Gasteiger partial charge in [-0.3, -0.25) is 0 Å². The normalized spacial score (nSPS) is 9.00. The summed E-state index contributed by atoms with van der Waals surface area (Å²) in [4.78, 5) is 13.2. The first-order chi connectivity index (χ1) is 3.80. The molecule has 4 nitrogen and oxygen atoms in total. The Labute approximate surface area is 49.0 Å². The van der Waals surface area contributed by atoms with Crippen molar-refractivity contribution in [2.24, 2.45) is 0 Å². The first-order valence-electron chi connectivity index (χ1n) is 1.74. The van der Waals surface area contributed by atoms with Crippen LogP contribution in [0.3, 0.4) is 0 Å². The SMILES string of the molecule is O=C(O)c1n[c]ns1. The van der Waals surface area contributed by atoms with E-state index >= 15 is 0 Å². The monoisotopic (exact) mass is 129 g/mol. The molecular formula is C3HN2O2S. The molecule has 0 unspecified atom stereocenters. The highest BCUT2D eigenvalue weighted by atomic mass is 32.1. The van der Waals surface area contributed by atoms with E-state index in [1.807, 2.05) is 0 Å². The third-order valence-electron chi connectivity index (χ3n) is 0.507. The van der Waals surface area contributed by atoms with Crippen molar-refractivity contribution in [3.8, 4) is 0 Å². The van der Waals surface area contributed by atoms with Crippen LogP contribution < -0.4 is 0 Å². The van der Waals surface area contributed by atoms with E-state index in [0.29, 0.717) is 0 Å². The maximum Gasteiger partial charge on any atom is 0.366 e. The van der Waals surface area contributed by atoms with E-state index in [4.69, 9.17) is 5.11 Å². The van der Waals surface area contributed by atoms with E-state index in [-0.39, 0.29) is 5.01 Å². The molecule has 0 saturated carbocycles. The molecule has 1 radical (unpaired) electrons. The van der Waals surface area contributed by atoms with Gasteiger partial charge in [-0.1, -0.05) is 0 Å². The Morgan fingerprint density at radius 1 is 1.88 bits per heavy atom. The molecule has 0 fully saturated rings. The Balaban J connectivity index is 2.93. The molecule has 0 aliphatic heterocycles. The molecule has 5 heteroatoms. The summed E-state index contributed by atoms with van der Waals surface area (Å²) in [7, 11) is 0. The lowest BCUT2D eigenvalue weighted by Gasteiger charge is -1.75. The third-order valence-corrected chi connectivity index (χ3v) is 1.12. The molecular weight excluding hydrogens is 128 g/mol. The summed E-state index contributed by atoms with van der Waals surface area (Å²) in [6, 6.07) is 0. The average Bonchev–Trinajstić information content (AvgIpc) is 2.12. The van der Waals surface area contributed by atoms with Crippen LogP contribution in [0.5, 0.6) is 0 Å². The van der Waals surface area contributed by atoms with Crippen LogP contribution in [0.1, 0.15) is 9.80 Å². The fourth-order valence-corrected chi connectivity index (χ4v) is 0.565. The van der Waals surface area contributed by atoms with Gasteiger partial charge in [0.25, 0.3) is 0 Å². The number of carbonyl (C=O) groups is 1. The molecule has 1 heterocycles. The van der Waals surface area contributed by atoms with Gasteiger partial charge in [0, 0.05) is 0 Å². The fraction of sp³-hybridized carbons (Fsp3) is 0. The lowest BCUT2D eigenvalue weighted by atomic mass is 10.7. The summed E-state index contributed by atoms with van der Waals surface area (Å²) >= 11 is 0.815. The van der Waals surface area contributed by atoms with Gasteiger partial charge in [-0.15, -0.1) is 0 Å². The van der Waals surface area contributed by atoms with Crippen LogP contribution in [0.2, 0.25) is 0 Å². The van der Waals surface area contributed by atoms with E-state index in [9.17, 15) is 4.79 Å². The minimum Gasteiger partial charge on any atom is -0.476 e. The average molecular weight is 129 g/mol. The van der Waals surface area contributed by atoms with Gasteiger partial charge in [-0.2, -0.15) is 4.37 Å². The Hall–Kier alpha value is -0.970. The van der Waals surface area contributed by atoms with Crippen LogP contribution in [-0.4, -0.2) is 20.4 Å². The highest BCUT2D eigenvalue weighted by Crippen LogP contribution is 1.96. The van der Waals surface area contributed by atoms with E-state index in [1.54, 1.807) is 0 Å². The Bertz CT molecular complexity index is 183. The zero-order valence-electron chi connectivity index (χ0n) is 3.66. The third kappa shape index (κ3) is 0.812. The molecule has 41 valence electrons. The molecule has 8 heavy (non-hydrogen) atoms. The second-order valence-corrected chi connectivity index (χ2v) is 1.76. The van der Waals surface area contributed by atoms with Gasteiger partial charge >= 0.3 is 5.97 Å². The van der Waals surface area contributed by atoms with E-state index in [1.165, 1.54) is 0 Å². The minimum atomic E-state index is -1.05. The Kier molecular flexibility index (Phi) is 1.21. The highest BCUT2D eigenvalue weighted by molar-refractivity contribution is 7.07. The zero-order valence-corrected chi connectivity index (χ0v) is 4.47. The summed E-state index contributed by atoms with van der Waals surface area (Å²) in [5, 5.41) is 8.14. The number of nitrogens with zero attached hydrogens (tertiary/aromatic N) is 2. The molecule has 0 bridgehead atoms. The summed E-state index contributed by atoms with van der Waals surface area (Å²) < 4.78 is 3.37. The van der Waals surface area contributed by atoms with Crippen LogP contribution in [-0.2, 0) is 0 Å². The van der Waals surface area contributed by atoms with Gasteiger partial charge in [0.15, 0.2) is 0 Å². The summed E-state index contributed by atoms with van der Waals surface area (Å²) in [6.07, 6.45) is 2.15. The van der Waals surface area contributed by atoms with Gasteiger partial charge in [-0.25, -0.2) is 9.78 Å². The van der Waals surface area contributed by atoms with Gasteiger partial charge < -0.3 is 5.11 Å².